The number of nitrogens with zero attached hydrogens (tertiary/aromatic N) is 2. The summed E-state index contributed by atoms with van der Waals surface area (Å²) in [5, 5.41) is 7.95. The van der Waals surface area contributed by atoms with Gasteiger partial charge in [0.2, 0.25) is 0 Å². The molecule has 0 spiro atoms. The maximum Gasteiger partial charge on any atom is 0.159 e. The van der Waals surface area contributed by atoms with Crippen molar-refractivity contribution in [2.75, 3.05) is 0 Å². The van der Waals surface area contributed by atoms with Crippen molar-refractivity contribution in [2.45, 2.75) is 6.17 Å². The fourth-order valence-electron chi connectivity index (χ4n) is 7.28. The highest BCUT2D eigenvalue weighted by atomic mass is 16.3. The van der Waals surface area contributed by atoms with E-state index in [2.05, 4.69) is 102 Å². The standard InChI is InChI=1S/C45H29N3O2/c1-3-12-28(13-4-1)29-22-24-30(25-23-29)32-26-27-39-41(34-17-8-10-20-37(34)50-39)42(32)45-47-43(31-14-5-2-6-15-31)46-44(48-45)35-18-11-21-38-40(35)33-16-7-9-19-36(33)49-38/h1-27,45H,(H,46,47,48). The predicted molar refractivity (Wildman–Crippen MR) is 204 cm³/mol. The van der Waals surface area contributed by atoms with Gasteiger partial charge >= 0.3 is 0 Å². The van der Waals surface area contributed by atoms with Crippen molar-refractivity contribution in [3.63, 3.8) is 0 Å². The Morgan fingerprint density at radius 1 is 0.420 bits per heavy atom. The zero-order valence-corrected chi connectivity index (χ0v) is 26.9. The number of hydrogen-bond donors (Lipinski definition) is 1. The van der Waals surface area contributed by atoms with E-state index >= 15 is 0 Å². The van der Waals surface area contributed by atoms with Crippen LogP contribution < -0.4 is 5.32 Å². The molecule has 50 heavy (non-hydrogen) atoms. The van der Waals surface area contributed by atoms with Crippen LogP contribution in [0.3, 0.4) is 0 Å². The first-order valence-electron chi connectivity index (χ1n) is 16.8. The summed E-state index contributed by atoms with van der Waals surface area (Å²) in [7, 11) is 0. The molecule has 10 rings (SSSR count). The van der Waals surface area contributed by atoms with Gasteiger partial charge in [-0.25, -0.2) is 9.98 Å². The minimum Gasteiger partial charge on any atom is -0.456 e. The van der Waals surface area contributed by atoms with Crippen molar-refractivity contribution in [1.82, 2.24) is 5.32 Å². The topological polar surface area (TPSA) is 63.0 Å². The highest BCUT2D eigenvalue weighted by Crippen LogP contribution is 2.42. The normalized spacial score (nSPS) is 14.6. The molecular weight excluding hydrogens is 615 g/mol. The van der Waals surface area contributed by atoms with Crippen LogP contribution in [0.5, 0.6) is 0 Å². The smallest absolute Gasteiger partial charge is 0.159 e. The van der Waals surface area contributed by atoms with Crippen LogP contribution in [0.15, 0.2) is 183 Å². The molecule has 0 saturated carbocycles. The van der Waals surface area contributed by atoms with Crippen LogP contribution >= 0.6 is 0 Å². The van der Waals surface area contributed by atoms with Crippen LogP contribution in [0.1, 0.15) is 22.9 Å². The number of benzene rings is 7. The highest BCUT2D eigenvalue weighted by Gasteiger charge is 2.28. The van der Waals surface area contributed by atoms with Gasteiger partial charge in [0.25, 0.3) is 0 Å². The second kappa shape index (κ2) is 11.5. The van der Waals surface area contributed by atoms with Gasteiger partial charge in [-0.3, -0.25) is 0 Å². The SMILES string of the molecule is c1ccc(C2=NC(c3c(-c4ccc(-c5ccccc5)cc4)ccc4oc5ccccc5c34)NC(c3cccc4oc5ccccc5c34)=N2)cc1. The maximum atomic E-state index is 6.45. The third-order valence-corrected chi connectivity index (χ3v) is 9.59. The van der Waals surface area contributed by atoms with E-state index in [1.165, 1.54) is 11.1 Å². The van der Waals surface area contributed by atoms with Gasteiger partial charge in [-0.1, -0.05) is 140 Å². The first kappa shape index (κ1) is 28.3. The summed E-state index contributed by atoms with van der Waals surface area (Å²) in [5.74, 6) is 1.39. The molecule has 236 valence electrons. The molecule has 0 fully saturated rings. The second-order valence-electron chi connectivity index (χ2n) is 12.5. The number of aliphatic imine (C=N–C) groups is 2. The molecule has 1 atom stereocenters. The molecule has 7 aromatic carbocycles. The van der Waals surface area contributed by atoms with Crippen LogP contribution in [0.2, 0.25) is 0 Å². The van der Waals surface area contributed by atoms with E-state index in [9.17, 15) is 0 Å². The lowest BCUT2D eigenvalue weighted by Crippen LogP contribution is -2.34. The zero-order valence-electron chi connectivity index (χ0n) is 26.9. The molecule has 3 heterocycles. The number of fused-ring (bicyclic) bond motifs is 6. The van der Waals surface area contributed by atoms with Crippen LogP contribution in [0.25, 0.3) is 66.1 Å². The molecule has 0 bridgehead atoms. The Bertz CT molecular complexity index is 2770. The Morgan fingerprint density at radius 3 is 1.70 bits per heavy atom. The van der Waals surface area contributed by atoms with Crippen molar-refractivity contribution < 1.29 is 8.83 Å². The Hall–Kier alpha value is -6.72. The quantitative estimate of drug-likeness (QED) is 0.203. The summed E-state index contributed by atoms with van der Waals surface area (Å²) in [4.78, 5) is 10.6. The molecule has 1 N–H and O–H groups in total. The van der Waals surface area contributed by atoms with Crippen LogP contribution in [0.4, 0.5) is 0 Å². The monoisotopic (exact) mass is 643 g/mol. The lowest BCUT2D eigenvalue weighted by atomic mass is 9.92. The van der Waals surface area contributed by atoms with Crippen molar-refractivity contribution in [1.29, 1.82) is 0 Å². The third-order valence-electron chi connectivity index (χ3n) is 9.59. The number of para-hydroxylation sites is 2. The third kappa shape index (κ3) is 4.63. The Labute approximate surface area is 287 Å². The first-order chi connectivity index (χ1) is 24.8. The fourth-order valence-corrected chi connectivity index (χ4v) is 7.28. The molecule has 9 aromatic rings. The van der Waals surface area contributed by atoms with Gasteiger partial charge in [-0.15, -0.1) is 0 Å². The number of hydrogen-bond acceptors (Lipinski definition) is 5. The lowest BCUT2D eigenvalue weighted by molar-refractivity contribution is 0.662. The van der Waals surface area contributed by atoms with E-state index < -0.39 is 6.17 Å². The van der Waals surface area contributed by atoms with Crippen molar-refractivity contribution >= 4 is 55.5 Å². The molecule has 5 nitrogen and oxygen atoms in total. The summed E-state index contributed by atoms with van der Waals surface area (Å²) in [5.41, 5.74) is 10.8. The molecular formula is C45H29N3O2. The minimum absolute atomic E-state index is 0.486. The van der Waals surface area contributed by atoms with Crippen LogP contribution in [-0.4, -0.2) is 11.7 Å². The molecule has 0 radical (unpaired) electrons. The summed E-state index contributed by atoms with van der Waals surface area (Å²) >= 11 is 0. The first-order valence-corrected chi connectivity index (χ1v) is 16.8. The van der Waals surface area contributed by atoms with E-state index in [4.69, 9.17) is 18.8 Å². The molecule has 2 aromatic heterocycles. The van der Waals surface area contributed by atoms with E-state index in [0.717, 1.165) is 77.5 Å². The number of nitrogens with one attached hydrogen (secondary N) is 1. The van der Waals surface area contributed by atoms with Gasteiger partial charge in [-0.2, -0.15) is 0 Å². The van der Waals surface area contributed by atoms with Gasteiger partial charge in [-0.05, 0) is 46.5 Å². The molecule has 0 saturated heterocycles. The summed E-state index contributed by atoms with van der Waals surface area (Å²) < 4.78 is 12.7. The van der Waals surface area contributed by atoms with Crippen LogP contribution in [0, 0.1) is 0 Å². The minimum atomic E-state index is -0.486. The van der Waals surface area contributed by atoms with Crippen molar-refractivity contribution in [2.24, 2.45) is 9.98 Å². The Kier molecular flexibility index (Phi) is 6.49. The van der Waals surface area contributed by atoms with Crippen molar-refractivity contribution in [3.05, 3.63) is 180 Å². The number of furan rings is 2. The molecule has 1 aliphatic heterocycles. The molecule has 0 aliphatic carbocycles. The Morgan fingerprint density at radius 2 is 0.980 bits per heavy atom. The average Bonchev–Trinajstić information content (AvgIpc) is 3.77. The molecule has 1 unspecified atom stereocenters. The number of amidine groups is 2. The van der Waals surface area contributed by atoms with Gasteiger partial charge in [0.1, 0.15) is 34.3 Å². The van der Waals surface area contributed by atoms with Crippen LogP contribution in [-0.2, 0) is 0 Å². The molecule has 1 aliphatic rings. The summed E-state index contributed by atoms with van der Waals surface area (Å²) in [6.45, 7) is 0. The number of rotatable bonds is 5. The fraction of sp³-hybridized carbons (Fsp3) is 0.0222. The highest BCUT2D eigenvalue weighted by molar-refractivity contribution is 6.22. The average molecular weight is 644 g/mol. The van der Waals surface area contributed by atoms with Gasteiger partial charge in [0.15, 0.2) is 5.84 Å². The van der Waals surface area contributed by atoms with Crippen molar-refractivity contribution in [3.8, 4) is 22.3 Å². The lowest BCUT2D eigenvalue weighted by Gasteiger charge is -2.26. The Balaban J connectivity index is 1.21. The van der Waals surface area contributed by atoms with Gasteiger partial charge in [0, 0.05) is 38.2 Å². The molecule has 0 amide bonds. The van der Waals surface area contributed by atoms with Gasteiger partial charge < -0.3 is 14.2 Å². The van der Waals surface area contributed by atoms with E-state index in [-0.39, 0.29) is 0 Å². The maximum absolute atomic E-state index is 6.45. The largest absolute Gasteiger partial charge is 0.456 e. The second-order valence-corrected chi connectivity index (χ2v) is 12.5. The summed E-state index contributed by atoms with van der Waals surface area (Å²) in [6.07, 6.45) is -0.486. The van der Waals surface area contributed by atoms with Gasteiger partial charge in [0.05, 0.1) is 0 Å². The van der Waals surface area contributed by atoms with E-state index in [1.807, 2.05) is 66.7 Å². The zero-order chi connectivity index (χ0) is 33.0. The molecule has 5 heteroatoms. The predicted octanol–water partition coefficient (Wildman–Crippen LogP) is 11.3. The van der Waals surface area contributed by atoms with E-state index in [1.54, 1.807) is 0 Å². The van der Waals surface area contributed by atoms with E-state index in [0.29, 0.717) is 5.84 Å². The summed E-state index contributed by atoms with van der Waals surface area (Å²) in [6, 6.07) is 56.2.